The molecule has 6 rings (SSSR count). The number of amides is 2. The van der Waals surface area contributed by atoms with E-state index in [4.69, 9.17) is 15.2 Å². The molecule has 38 heavy (non-hydrogen) atoms. The van der Waals surface area contributed by atoms with Gasteiger partial charge < -0.3 is 25.6 Å². The van der Waals surface area contributed by atoms with Crippen LogP contribution in [0.25, 0.3) is 5.65 Å². The van der Waals surface area contributed by atoms with Crippen molar-refractivity contribution in [2.45, 2.75) is 76.0 Å². The fraction of sp³-hybridized carbons (Fsp3) is 0.500. The van der Waals surface area contributed by atoms with Gasteiger partial charge in [0.1, 0.15) is 35.4 Å². The summed E-state index contributed by atoms with van der Waals surface area (Å²) in [5.74, 6) is 0.671. The molecule has 0 unspecified atom stereocenters. The van der Waals surface area contributed by atoms with Gasteiger partial charge in [0, 0.05) is 24.0 Å². The van der Waals surface area contributed by atoms with Gasteiger partial charge in [0.25, 0.3) is 11.8 Å². The Bertz CT molecular complexity index is 1390. The van der Waals surface area contributed by atoms with Gasteiger partial charge in [-0.05, 0) is 81.9 Å². The molecule has 0 aliphatic heterocycles. The Balaban J connectivity index is 1.07. The van der Waals surface area contributed by atoms with E-state index in [1.807, 2.05) is 16.7 Å². The van der Waals surface area contributed by atoms with Gasteiger partial charge in [0.15, 0.2) is 0 Å². The third kappa shape index (κ3) is 4.69. The Morgan fingerprint density at radius 2 is 1.97 bits per heavy atom. The van der Waals surface area contributed by atoms with E-state index in [1.165, 1.54) is 0 Å². The third-order valence-electron chi connectivity index (χ3n) is 7.81. The minimum atomic E-state index is -0.939. The number of hydrogen-bond acceptors (Lipinski definition) is 7. The van der Waals surface area contributed by atoms with Crippen LogP contribution in [0.3, 0.4) is 0 Å². The zero-order valence-electron chi connectivity index (χ0n) is 21.6. The molecule has 3 aromatic rings. The predicted octanol–water partition coefficient (Wildman–Crippen LogP) is 2.98. The third-order valence-corrected chi connectivity index (χ3v) is 7.81. The van der Waals surface area contributed by atoms with Crippen LogP contribution in [0, 0.1) is 5.41 Å². The second kappa shape index (κ2) is 8.97. The zero-order chi connectivity index (χ0) is 26.7. The molecule has 10 nitrogen and oxygen atoms in total. The summed E-state index contributed by atoms with van der Waals surface area (Å²) in [6.07, 6.45) is 10.7. The van der Waals surface area contributed by atoms with Crippen LogP contribution < -0.4 is 20.5 Å². The number of imidazole rings is 1. The predicted molar refractivity (Wildman–Crippen MR) is 138 cm³/mol. The first kappa shape index (κ1) is 24.7. The van der Waals surface area contributed by atoms with E-state index in [-0.39, 0.29) is 36.0 Å². The zero-order valence-corrected chi connectivity index (χ0v) is 21.6. The number of primary amides is 1. The van der Waals surface area contributed by atoms with Crippen molar-refractivity contribution in [3.63, 3.8) is 0 Å². The number of rotatable bonds is 9. The van der Waals surface area contributed by atoms with Gasteiger partial charge in [-0.1, -0.05) is 0 Å². The Morgan fingerprint density at radius 3 is 2.66 bits per heavy atom. The Morgan fingerprint density at radius 1 is 1.21 bits per heavy atom. The molecule has 200 valence electrons. The number of carbonyl (C=O) groups is 2. The number of nitrogens with two attached hydrogens (primary N) is 1. The summed E-state index contributed by atoms with van der Waals surface area (Å²) in [6, 6.07) is 5.24. The maximum Gasteiger partial charge on any atom is 0.270 e. The van der Waals surface area contributed by atoms with E-state index < -0.39 is 11.5 Å². The number of ether oxygens (including phenoxy) is 2. The van der Waals surface area contributed by atoms with E-state index in [0.29, 0.717) is 17.2 Å². The Kier molecular flexibility index (Phi) is 5.82. The number of fused-ring (bicyclic) bond motifs is 1. The number of hydrogen-bond donors (Lipinski definition) is 3. The number of aliphatic hydroxyl groups is 1. The molecular formula is C28H33N5O5. The topological polar surface area (TPSA) is 141 Å². The first-order valence-electron chi connectivity index (χ1n) is 13.2. The van der Waals surface area contributed by atoms with Crippen LogP contribution in [-0.4, -0.2) is 55.6 Å². The number of pyridine rings is 2. The molecule has 3 saturated carbocycles. The first-order chi connectivity index (χ1) is 18.1. The molecule has 0 bridgehead atoms. The van der Waals surface area contributed by atoms with Crippen LogP contribution in [0.4, 0.5) is 0 Å². The van der Waals surface area contributed by atoms with Crippen molar-refractivity contribution in [2.75, 3.05) is 6.61 Å². The molecule has 0 radical (unpaired) electrons. The smallest absolute Gasteiger partial charge is 0.270 e. The Hall–Kier alpha value is -3.66. The van der Waals surface area contributed by atoms with Crippen LogP contribution in [0.1, 0.15) is 84.7 Å². The van der Waals surface area contributed by atoms with Crippen LogP contribution in [0.2, 0.25) is 0 Å². The van der Waals surface area contributed by atoms with Crippen molar-refractivity contribution in [1.82, 2.24) is 19.7 Å². The van der Waals surface area contributed by atoms with Gasteiger partial charge in [0.05, 0.1) is 11.8 Å². The lowest BCUT2D eigenvalue weighted by molar-refractivity contribution is -0.0848. The highest BCUT2D eigenvalue weighted by molar-refractivity contribution is 5.95. The molecule has 1 spiro atoms. The number of nitrogens with one attached hydrogen (secondary N) is 1. The minimum absolute atomic E-state index is 0.00732. The van der Waals surface area contributed by atoms with Gasteiger partial charge in [0.2, 0.25) is 5.88 Å². The quantitative estimate of drug-likeness (QED) is 0.395. The molecule has 3 heterocycles. The fourth-order valence-corrected chi connectivity index (χ4v) is 5.86. The van der Waals surface area contributed by atoms with E-state index in [2.05, 4.69) is 15.3 Å². The molecule has 0 saturated heterocycles. The van der Waals surface area contributed by atoms with E-state index in [1.54, 1.807) is 38.4 Å². The van der Waals surface area contributed by atoms with Gasteiger partial charge in [-0.25, -0.2) is 9.97 Å². The molecule has 0 aromatic carbocycles. The molecule has 2 amide bonds. The van der Waals surface area contributed by atoms with Gasteiger partial charge in [-0.3, -0.25) is 14.0 Å². The molecule has 3 aliphatic carbocycles. The molecule has 0 atom stereocenters. The van der Waals surface area contributed by atoms with Gasteiger partial charge in [-0.15, -0.1) is 0 Å². The maximum atomic E-state index is 13.2. The average Bonchev–Trinajstić information content (AvgIpc) is 3.56. The van der Waals surface area contributed by atoms with E-state index in [9.17, 15) is 14.7 Å². The maximum absolute atomic E-state index is 13.2. The lowest BCUT2D eigenvalue weighted by Gasteiger charge is -2.57. The molecule has 3 fully saturated rings. The van der Waals surface area contributed by atoms with Crippen LogP contribution >= 0.6 is 0 Å². The second-order valence-electron chi connectivity index (χ2n) is 11.8. The van der Waals surface area contributed by atoms with Gasteiger partial charge >= 0.3 is 0 Å². The lowest BCUT2D eigenvalue weighted by Crippen LogP contribution is -2.58. The molecule has 10 heteroatoms. The fourth-order valence-electron chi connectivity index (χ4n) is 5.86. The largest absolute Gasteiger partial charge is 0.490 e. The minimum Gasteiger partial charge on any atom is -0.490 e. The number of nitrogens with zero attached hydrogens (tertiary/aromatic N) is 3. The monoisotopic (exact) mass is 519 g/mol. The highest BCUT2D eigenvalue weighted by Crippen LogP contribution is 2.57. The highest BCUT2D eigenvalue weighted by Gasteiger charge is 2.54. The standard InChI is InChI=1S/C28H33N5O5/c1-27(2,36)15-37-21-7-9-33-20(14-31-24(33)22(21)16-5-6-16)25(35)32-17-10-28(11-17)12-18(13-28)38-26-19(23(29)34)4-3-8-30-26/h3-4,7-9,14,16-18,36H,5-6,10-13,15H2,1-2H3,(H2,29,34)(H,32,35). The van der Waals surface area contributed by atoms with Crippen molar-refractivity contribution in [1.29, 1.82) is 0 Å². The van der Waals surface area contributed by atoms with Crippen LogP contribution in [0.5, 0.6) is 11.6 Å². The molecular weight excluding hydrogens is 486 g/mol. The molecule has 4 N–H and O–H groups in total. The Labute approximate surface area is 220 Å². The van der Waals surface area contributed by atoms with E-state index in [0.717, 1.165) is 55.5 Å². The number of carbonyl (C=O) groups excluding carboxylic acids is 2. The van der Waals surface area contributed by atoms with Crippen LogP contribution in [0.15, 0.2) is 36.8 Å². The highest BCUT2D eigenvalue weighted by atomic mass is 16.5. The summed E-state index contributed by atoms with van der Waals surface area (Å²) < 4.78 is 13.7. The van der Waals surface area contributed by atoms with Crippen molar-refractivity contribution >= 4 is 17.5 Å². The van der Waals surface area contributed by atoms with Crippen molar-refractivity contribution in [2.24, 2.45) is 11.1 Å². The summed E-state index contributed by atoms with van der Waals surface area (Å²) in [7, 11) is 0. The van der Waals surface area contributed by atoms with E-state index >= 15 is 0 Å². The second-order valence-corrected chi connectivity index (χ2v) is 11.8. The lowest BCUT2D eigenvalue weighted by atomic mass is 9.53. The summed E-state index contributed by atoms with van der Waals surface area (Å²) in [5, 5.41) is 13.2. The molecule has 3 aromatic heterocycles. The summed E-state index contributed by atoms with van der Waals surface area (Å²) in [5.41, 5.74) is 7.18. The first-order valence-corrected chi connectivity index (χ1v) is 13.2. The summed E-state index contributed by atoms with van der Waals surface area (Å²) in [4.78, 5) is 33.5. The van der Waals surface area contributed by atoms with Crippen LogP contribution in [-0.2, 0) is 0 Å². The van der Waals surface area contributed by atoms with Gasteiger partial charge in [-0.2, -0.15) is 0 Å². The van der Waals surface area contributed by atoms with Crippen molar-refractivity contribution in [3.8, 4) is 11.6 Å². The molecule has 3 aliphatic rings. The SMILES string of the molecule is CC(C)(O)COc1ccn2c(C(=O)NC3CC4(C3)CC(Oc3ncccc3C(N)=O)C4)cnc2c1C1CC1. The average molecular weight is 520 g/mol. The summed E-state index contributed by atoms with van der Waals surface area (Å²) in [6.45, 7) is 3.60. The van der Waals surface area contributed by atoms with Crippen molar-refractivity contribution < 1.29 is 24.2 Å². The number of aromatic nitrogens is 3. The van der Waals surface area contributed by atoms with Crippen molar-refractivity contribution in [3.05, 3.63) is 53.6 Å². The normalized spacial score (nSPS) is 24.5. The summed E-state index contributed by atoms with van der Waals surface area (Å²) >= 11 is 0.